The van der Waals surface area contributed by atoms with Crippen molar-refractivity contribution in [3.63, 3.8) is 0 Å². The van der Waals surface area contributed by atoms with E-state index >= 15 is 0 Å². The van der Waals surface area contributed by atoms with Crippen molar-refractivity contribution in [1.82, 2.24) is 5.01 Å². The van der Waals surface area contributed by atoms with Crippen LogP contribution in [0.15, 0.2) is 66.3 Å². The Morgan fingerprint density at radius 3 is 2.49 bits per heavy atom. The lowest BCUT2D eigenvalue weighted by Gasteiger charge is -2.17. The molecule has 2 aromatic carbocycles. The van der Waals surface area contributed by atoms with Crippen molar-refractivity contribution < 1.29 is 19.1 Å². The van der Waals surface area contributed by atoms with E-state index in [0.29, 0.717) is 31.1 Å². The number of fused-ring (bicyclic) bond motifs is 5. The molecule has 2 fully saturated rings. The van der Waals surface area contributed by atoms with Crippen molar-refractivity contribution in [3.05, 3.63) is 83.5 Å². The average molecular weight is 471 g/mol. The molecule has 0 spiro atoms. The molecule has 0 aromatic heterocycles. The fourth-order valence-electron chi connectivity index (χ4n) is 5.57. The molecule has 1 saturated heterocycles. The van der Waals surface area contributed by atoms with Gasteiger partial charge in [0.05, 0.1) is 24.7 Å². The molecule has 2 bridgehead atoms. The second kappa shape index (κ2) is 9.53. The first-order valence-electron chi connectivity index (χ1n) is 12.2. The third-order valence-corrected chi connectivity index (χ3v) is 7.05. The minimum atomic E-state index is -0.262. The van der Waals surface area contributed by atoms with Gasteiger partial charge >= 0.3 is 0 Å². The van der Waals surface area contributed by atoms with E-state index in [9.17, 15) is 9.59 Å². The van der Waals surface area contributed by atoms with Gasteiger partial charge in [-0.1, -0.05) is 48.1 Å². The molecule has 0 unspecified atom stereocenters. The van der Waals surface area contributed by atoms with Gasteiger partial charge in [0.25, 0.3) is 11.8 Å². The first-order valence-corrected chi connectivity index (χ1v) is 12.2. The summed E-state index contributed by atoms with van der Waals surface area (Å²) in [7, 11) is 0. The van der Waals surface area contributed by atoms with Gasteiger partial charge in [-0.25, -0.2) is 0 Å². The largest absolute Gasteiger partial charge is 0.490 e. The number of aryl methyl sites for hydroxylation is 1. The number of benzene rings is 2. The number of hydrogen-bond acceptors (Lipinski definition) is 5. The van der Waals surface area contributed by atoms with Crippen LogP contribution in [0, 0.1) is 30.6 Å². The topological polar surface area (TPSA) is 68.2 Å². The zero-order valence-electron chi connectivity index (χ0n) is 20.1. The van der Waals surface area contributed by atoms with Crippen LogP contribution in [-0.4, -0.2) is 29.6 Å². The standard InChI is InChI=1S/C29H30N2O4/c1-4-7-23-13-20(14-24(34-5-2)27(23)35-17-19-9-6-8-18(3)12-19)16-30-31-28(32)25-21-10-11-22(15-21)26(25)29(31)33/h4,6,8-14,16,21-22,25-26H,1,5,7,15,17H2,2-3H3/t21-,22-,25-,26+/m0/s1. The number of nitrogens with zero attached hydrogens (tertiary/aromatic N) is 2. The summed E-state index contributed by atoms with van der Waals surface area (Å²) in [4.78, 5) is 25.9. The maximum Gasteiger partial charge on any atom is 0.254 e. The lowest BCUT2D eigenvalue weighted by molar-refractivity contribution is -0.140. The number of hydrazone groups is 1. The van der Waals surface area contributed by atoms with Crippen LogP contribution in [0.25, 0.3) is 0 Å². The lowest BCUT2D eigenvalue weighted by Crippen LogP contribution is -2.28. The summed E-state index contributed by atoms with van der Waals surface area (Å²) in [5.41, 5.74) is 3.88. The van der Waals surface area contributed by atoms with Crippen molar-refractivity contribution in [2.75, 3.05) is 6.61 Å². The molecular formula is C29H30N2O4. The highest BCUT2D eigenvalue weighted by Gasteiger charge is 2.59. The van der Waals surface area contributed by atoms with Crippen LogP contribution >= 0.6 is 0 Å². The Balaban J connectivity index is 1.40. The maximum absolute atomic E-state index is 12.9. The van der Waals surface area contributed by atoms with Crippen molar-refractivity contribution in [2.45, 2.75) is 33.3 Å². The molecule has 6 heteroatoms. The molecule has 3 aliphatic rings. The molecular weight excluding hydrogens is 440 g/mol. The Kier molecular flexibility index (Phi) is 6.29. The van der Waals surface area contributed by atoms with E-state index in [-0.39, 0.29) is 35.5 Å². The van der Waals surface area contributed by atoms with E-state index < -0.39 is 0 Å². The number of rotatable bonds is 9. The van der Waals surface area contributed by atoms with Gasteiger partial charge in [-0.15, -0.1) is 6.58 Å². The summed E-state index contributed by atoms with van der Waals surface area (Å²) in [6.07, 6.45) is 9.00. The number of carbonyl (C=O) groups is 2. The second-order valence-electron chi connectivity index (χ2n) is 9.44. The second-order valence-corrected chi connectivity index (χ2v) is 9.44. The summed E-state index contributed by atoms with van der Waals surface area (Å²) in [6, 6.07) is 12.0. The minimum Gasteiger partial charge on any atom is -0.490 e. The molecule has 2 aromatic rings. The number of hydrogen-bond donors (Lipinski definition) is 0. The monoisotopic (exact) mass is 470 g/mol. The highest BCUT2D eigenvalue weighted by molar-refractivity contribution is 6.06. The van der Waals surface area contributed by atoms with E-state index in [1.807, 2.05) is 37.3 Å². The highest BCUT2D eigenvalue weighted by Crippen LogP contribution is 2.52. The first kappa shape index (κ1) is 23.1. The predicted molar refractivity (Wildman–Crippen MR) is 134 cm³/mol. The van der Waals surface area contributed by atoms with Gasteiger partial charge in [0, 0.05) is 5.56 Å². The summed E-state index contributed by atoms with van der Waals surface area (Å²) >= 11 is 0. The molecule has 0 N–H and O–H groups in total. The lowest BCUT2D eigenvalue weighted by atomic mass is 9.85. The summed E-state index contributed by atoms with van der Waals surface area (Å²) in [6.45, 7) is 8.73. The van der Waals surface area contributed by atoms with Crippen molar-refractivity contribution >= 4 is 18.0 Å². The molecule has 2 aliphatic carbocycles. The van der Waals surface area contributed by atoms with Gasteiger partial charge < -0.3 is 9.47 Å². The predicted octanol–water partition coefficient (Wildman–Crippen LogP) is 4.84. The molecule has 1 aliphatic heterocycles. The number of imide groups is 1. The van der Waals surface area contributed by atoms with Crippen molar-refractivity contribution in [3.8, 4) is 11.5 Å². The van der Waals surface area contributed by atoms with Crippen LogP contribution in [0.4, 0.5) is 0 Å². The van der Waals surface area contributed by atoms with E-state index in [4.69, 9.17) is 9.47 Å². The van der Waals surface area contributed by atoms with Crippen LogP contribution < -0.4 is 9.47 Å². The summed E-state index contributed by atoms with van der Waals surface area (Å²) in [5.74, 6) is 0.676. The molecule has 1 heterocycles. The van der Waals surface area contributed by atoms with E-state index in [2.05, 4.69) is 42.9 Å². The molecule has 2 amide bonds. The molecule has 6 nitrogen and oxygen atoms in total. The van der Waals surface area contributed by atoms with Gasteiger partial charge in [0.1, 0.15) is 6.61 Å². The maximum atomic E-state index is 12.9. The fourth-order valence-corrected chi connectivity index (χ4v) is 5.57. The third-order valence-electron chi connectivity index (χ3n) is 7.05. The average Bonchev–Trinajstić information content (AvgIpc) is 3.52. The van der Waals surface area contributed by atoms with Gasteiger partial charge in [0.2, 0.25) is 0 Å². The Hall–Kier alpha value is -3.67. The Morgan fingerprint density at radius 1 is 1.09 bits per heavy atom. The van der Waals surface area contributed by atoms with Crippen molar-refractivity contribution in [2.24, 2.45) is 28.8 Å². The van der Waals surface area contributed by atoms with Crippen LogP contribution in [-0.2, 0) is 22.6 Å². The summed E-state index contributed by atoms with van der Waals surface area (Å²) in [5, 5.41) is 5.40. The van der Waals surface area contributed by atoms with Crippen LogP contribution in [0.2, 0.25) is 0 Å². The third kappa shape index (κ3) is 4.29. The summed E-state index contributed by atoms with van der Waals surface area (Å²) < 4.78 is 12.1. The normalized spacial score (nSPS) is 24.5. The number of allylic oxidation sites excluding steroid dienone is 3. The van der Waals surface area contributed by atoms with Gasteiger partial charge in [-0.3, -0.25) is 9.59 Å². The molecule has 1 saturated carbocycles. The fraction of sp³-hybridized carbons (Fsp3) is 0.345. The number of ether oxygens (including phenoxy) is 2. The van der Waals surface area contributed by atoms with Crippen LogP contribution in [0.1, 0.15) is 35.6 Å². The zero-order valence-corrected chi connectivity index (χ0v) is 20.1. The molecule has 4 atom stereocenters. The zero-order chi connectivity index (χ0) is 24.5. The number of amides is 2. The van der Waals surface area contributed by atoms with Crippen molar-refractivity contribution in [1.29, 1.82) is 0 Å². The Bertz CT molecular complexity index is 1200. The van der Waals surface area contributed by atoms with E-state index in [0.717, 1.165) is 28.1 Å². The van der Waals surface area contributed by atoms with E-state index in [1.165, 1.54) is 5.56 Å². The molecule has 0 radical (unpaired) electrons. The van der Waals surface area contributed by atoms with E-state index in [1.54, 1.807) is 6.21 Å². The van der Waals surface area contributed by atoms with Crippen LogP contribution in [0.3, 0.4) is 0 Å². The molecule has 35 heavy (non-hydrogen) atoms. The number of carbonyl (C=O) groups excluding carboxylic acids is 2. The first-order chi connectivity index (χ1) is 17.0. The van der Waals surface area contributed by atoms with Gasteiger partial charge in [0.15, 0.2) is 11.5 Å². The highest BCUT2D eigenvalue weighted by atomic mass is 16.5. The van der Waals surface area contributed by atoms with Gasteiger partial charge in [-0.2, -0.15) is 10.1 Å². The van der Waals surface area contributed by atoms with Crippen LogP contribution in [0.5, 0.6) is 11.5 Å². The Labute approximate surface area is 205 Å². The molecule has 180 valence electrons. The minimum absolute atomic E-state index is 0.162. The Morgan fingerprint density at radius 2 is 1.83 bits per heavy atom. The quantitative estimate of drug-likeness (QED) is 0.299. The van der Waals surface area contributed by atoms with Gasteiger partial charge in [-0.05, 0) is 61.8 Å². The molecule has 5 rings (SSSR count). The smallest absolute Gasteiger partial charge is 0.254 e. The SMILES string of the molecule is C=CCc1cc(C=NN2C(=O)[C@@H]3[C@H](C2=O)[C@H]2C=C[C@H]3C2)cc(OCC)c1OCc1cccc(C)c1.